The van der Waals surface area contributed by atoms with Crippen LogP contribution < -0.4 is 5.32 Å². The Kier molecular flexibility index (Phi) is 3.93. The van der Waals surface area contributed by atoms with Crippen molar-refractivity contribution in [3.8, 4) is 0 Å². The number of halogens is 2. The van der Waals surface area contributed by atoms with Crippen LogP contribution in [0.2, 0.25) is 0 Å². The third kappa shape index (κ3) is 2.99. The van der Waals surface area contributed by atoms with Crippen molar-refractivity contribution in [1.82, 2.24) is 5.32 Å². The normalized spacial score (nSPS) is 17.4. The molecule has 0 unspecified atom stereocenters. The Balaban J connectivity index is 1.85. The van der Waals surface area contributed by atoms with Crippen molar-refractivity contribution in [2.45, 2.75) is 24.1 Å². The molecule has 0 amide bonds. The summed E-state index contributed by atoms with van der Waals surface area (Å²) in [6, 6.07) is 4.84. The summed E-state index contributed by atoms with van der Waals surface area (Å²) in [5.41, 5.74) is 1.11. The van der Waals surface area contributed by atoms with Gasteiger partial charge >= 0.3 is 0 Å². The second kappa shape index (κ2) is 5.07. The van der Waals surface area contributed by atoms with Crippen LogP contribution in [0.3, 0.4) is 0 Å². The van der Waals surface area contributed by atoms with Crippen LogP contribution in [0, 0.1) is 5.82 Å². The van der Waals surface area contributed by atoms with Gasteiger partial charge < -0.3 is 5.32 Å². The Morgan fingerprint density at radius 1 is 1.50 bits per heavy atom. The molecular weight excluding hydrogens is 289 g/mol. The standard InChI is InChI=1S/C12H15BrFNS/c1-16-12(4-5-12)8-15-7-9-2-3-10(14)6-11(9)13/h2-3,6,15H,4-5,7-8H2,1H3. The molecule has 0 atom stereocenters. The minimum Gasteiger partial charge on any atom is -0.311 e. The molecule has 0 aliphatic heterocycles. The second-order valence-electron chi connectivity index (χ2n) is 4.23. The molecule has 1 fully saturated rings. The van der Waals surface area contributed by atoms with Gasteiger partial charge in [-0.2, -0.15) is 11.8 Å². The first-order valence-corrected chi connectivity index (χ1v) is 7.37. The van der Waals surface area contributed by atoms with E-state index in [1.54, 1.807) is 0 Å². The van der Waals surface area contributed by atoms with E-state index in [0.717, 1.165) is 23.1 Å². The van der Waals surface area contributed by atoms with Gasteiger partial charge in [0.25, 0.3) is 0 Å². The SMILES string of the molecule is CSC1(CNCc2ccc(F)cc2Br)CC1. The number of thioether (sulfide) groups is 1. The molecule has 0 bridgehead atoms. The third-order valence-electron chi connectivity index (χ3n) is 3.02. The largest absolute Gasteiger partial charge is 0.311 e. The number of hydrogen-bond donors (Lipinski definition) is 1. The Bertz CT molecular complexity index is 379. The Morgan fingerprint density at radius 3 is 2.81 bits per heavy atom. The molecule has 0 heterocycles. The van der Waals surface area contributed by atoms with Gasteiger partial charge in [-0.1, -0.05) is 22.0 Å². The van der Waals surface area contributed by atoms with E-state index in [0.29, 0.717) is 4.75 Å². The van der Waals surface area contributed by atoms with Crippen molar-refractivity contribution in [3.05, 3.63) is 34.1 Å². The summed E-state index contributed by atoms with van der Waals surface area (Å²) in [5, 5.41) is 3.44. The molecule has 1 N–H and O–H groups in total. The lowest BCUT2D eigenvalue weighted by molar-refractivity contribution is 0.622. The van der Waals surface area contributed by atoms with Crippen LogP contribution in [-0.4, -0.2) is 17.5 Å². The molecule has 4 heteroatoms. The zero-order valence-corrected chi connectivity index (χ0v) is 11.6. The molecule has 1 aliphatic rings. The van der Waals surface area contributed by atoms with Gasteiger partial charge in [0.05, 0.1) is 0 Å². The molecule has 16 heavy (non-hydrogen) atoms. The van der Waals surface area contributed by atoms with Crippen LogP contribution in [0.5, 0.6) is 0 Å². The van der Waals surface area contributed by atoms with Crippen molar-refractivity contribution < 1.29 is 4.39 Å². The van der Waals surface area contributed by atoms with E-state index < -0.39 is 0 Å². The van der Waals surface area contributed by atoms with E-state index in [2.05, 4.69) is 27.5 Å². The lowest BCUT2D eigenvalue weighted by atomic mass is 10.2. The maximum absolute atomic E-state index is 12.9. The van der Waals surface area contributed by atoms with Crippen molar-refractivity contribution in [2.24, 2.45) is 0 Å². The van der Waals surface area contributed by atoms with Gasteiger partial charge in [-0.3, -0.25) is 0 Å². The van der Waals surface area contributed by atoms with Gasteiger partial charge in [0.2, 0.25) is 0 Å². The molecule has 0 aromatic heterocycles. The summed E-state index contributed by atoms with van der Waals surface area (Å²) in [6.07, 6.45) is 4.79. The maximum atomic E-state index is 12.9. The fourth-order valence-electron chi connectivity index (χ4n) is 1.68. The second-order valence-corrected chi connectivity index (χ2v) is 6.36. The number of benzene rings is 1. The van der Waals surface area contributed by atoms with Crippen LogP contribution in [-0.2, 0) is 6.54 Å². The highest BCUT2D eigenvalue weighted by atomic mass is 79.9. The van der Waals surface area contributed by atoms with Crippen LogP contribution in [0.1, 0.15) is 18.4 Å². The minimum atomic E-state index is -0.196. The van der Waals surface area contributed by atoms with E-state index in [4.69, 9.17) is 0 Å². The average molecular weight is 304 g/mol. The van der Waals surface area contributed by atoms with E-state index >= 15 is 0 Å². The summed E-state index contributed by atoms with van der Waals surface area (Å²) < 4.78 is 14.2. The smallest absolute Gasteiger partial charge is 0.124 e. The van der Waals surface area contributed by atoms with Gasteiger partial charge in [0.15, 0.2) is 0 Å². The van der Waals surface area contributed by atoms with Crippen molar-refractivity contribution in [1.29, 1.82) is 0 Å². The molecule has 88 valence electrons. The van der Waals surface area contributed by atoms with Crippen LogP contribution >= 0.6 is 27.7 Å². The molecule has 0 saturated heterocycles. The first-order valence-electron chi connectivity index (χ1n) is 5.35. The minimum absolute atomic E-state index is 0.196. The first-order chi connectivity index (χ1) is 7.65. The van der Waals surface area contributed by atoms with E-state index in [-0.39, 0.29) is 5.82 Å². The zero-order valence-electron chi connectivity index (χ0n) is 9.22. The van der Waals surface area contributed by atoms with Crippen LogP contribution in [0.15, 0.2) is 22.7 Å². The molecule has 1 aromatic carbocycles. The molecule has 1 aliphatic carbocycles. The van der Waals surface area contributed by atoms with Gasteiger partial charge in [-0.15, -0.1) is 0 Å². The predicted octanol–water partition coefficient (Wildman–Crippen LogP) is 3.57. The van der Waals surface area contributed by atoms with E-state index in [9.17, 15) is 4.39 Å². The molecule has 1 saturated carbocycles. The zero-order chi connectivity index (χ0) is 11.6. The van der Waals surface area contributed by atoms with Gasteiger partial charge in [0.1, 0.15) is 5.82 Å². The highest BCUT2D eigenvalue weighted by Gasteiger charge is 2.41. The summed E-state index contributed by atoms with van der Waals surface area (Å²) in [5.74, 6) is -0.196. The van der Waals surface area contributed by atoms with E-state index in [1.165, 1.54) is 25.0 Å². The van der Waals surface area contributed by atoms with Crippen LogP contribution in [0.4, 0.5) is 4.39 Å². The average Bonchev–Trinajstić information content (AvgIpc) is 3.02. The summed E-state index contributed by atoms with van der Waals surface area (Å²) in [6.45, 7) is 1.83. The predicted molar refractivity (Wildman–Crippen MR) is 71.3 cm³/mol. The Labute approximate surface area is 108 Å². The third-order valence-corrected chi connectivity index (χ3v) is 5.18. The molecule has 0 radical (unpaired) electrons. The maximum Gasteiger partial charge on any atom is 0.124 e. The molecule has 0 spiro atoms. The highest BCUT2D eigenvalue weighted by molar-refractivity contribution is 9.10. The molecule has 1 aromatic rings. The molecule has 2 rings (SSSR count). The van der Waals surface area contributed by atoms with E-state index in [1.807, 2.05) is 17.8 Å². The quantitative estimate of drug-likeness (QED) is 0.892. The Hall–Kier alpha value is -0.0600. The summed E-state index contributed by atoms with van der Waals surface area (Å²) >= 11 is 5.32. The lowest BCUT2D eigenvalue weighted by Crippen LogP contribution is -2.25. The molecular formula is C12H15BrFNS. The summed E-state index contributed by atoms with van der Waals surface area (Å²) in [7, 11) is 0. The number of nitrogens with one attached hydrogen (secondary N) is 1. The van der Waals surface area contributed by atoms with Crippen molar-refractivity contribution in [2.75, 3.05) is 12.8 Å². The monoisotopic (exact) mass is 303 g/mol. The number of rotatable bonds is 5. The lowest BCUT2D eigenvalue weighted by Gasteiger charge is -2.13. The van der Waals surface area contributed by atoms with Gasteiger partial charge in [0, 0.05) is 22.3 Å². The van der Waals surface area contributed by atoms with Gasteiger partial charge in [-0.05, 0) is 36.8 Å². The highest BCUT2D eigenvalue weighted by Crippen LogP contribution is 2.46. The van der Waals surface area contributed by atoms with Gasteiger partial charge in [-0.25, -0.2) is 4.39 Å². The summed E-state index contributed by atoms with van der Waals surface area (Å²) in [4.78, 5) is 0. The Morgan fingerprint density at radius 2 is 2.25 bits per heavy atom. The van der Waals surface area contributed by atoms with Crippen molar-refractivity contribution in [3.63, 3.8) is 0 Å². The van der Waals surface area contributed by atoms with Crippen molar-refractivity contribution >= 4 is 27.7 Å². The van der Waals surface area contributed by atoms with Crippen LogP contribution in [0.25, 0.3) is 0 Å². The molecule has 1 nitrogen and oxygen atoms in total. The number of hydrogen-bond acceptors (Lipinski definition) is 2. The topological polar surface area (TPSA) is 12.0 Å². The first kappa shape index (κ1) is 12.4. The fraction of sp³-hybridized carbons (Fsp3) is 0.500. The fourth-order valence-corrected chi connectivity index (χ4v) is 2.93.